The Bertz CT molecular complexity index is 885. The molecule has 0 aliphatic carbocycles. The molecule has 1 amide bonds. The van der Waals surface area contributed by atoms with Crippen molar-refractivity contribution in [1.82, 2.24) is 10.3 Å². The van der Waals surface area contributed by atoms with Crippen molar-refractivity contribution in [2.45, 2.75) is 33.4 Å². The van der Waals surface area contributed by atoms with Crippen LogP contribution in [0.15, 0.2) is 32.7 Å². The molecular weight excluding hydrogens is 392 g/mol. The maximum Gasteiger partial charge on any atom is 0.251 e. The van der Waals surface area contributed by atoms with Crippen LogP contribution in [-0.2, 0) is 6.54 Å². The van der Waals surface area contributed by atoms with Crippen molar-refractivity contribution in [1.29, 1.82) is 0 Å². The van der Waals surface area contributed by atoms with Crippen molar-refractivity contribution in [3.63, 3.8) is 0 Å². The van der Waals surface area contributed by atoms with E-state index in [-0.39, 0.29) is 12.0 Å². The molecule has 126 valence electrons. The first-order valence-electron chi connectivity index (χ1n) is 7.51. The molecule has 0 spiro atoms. The van der Waals surface area contributed by atoms with Crippen LogP contribution in [0.1, 0.15) is 34.9 Å². The van der Waals surface area contributed by atoms with Crippen LogP contribution in [0, 0.1) is 6.92 Å². The van der Waals surface area contributed by atoms with E-state index >= 15 is 0 Å². The van der Waals surface area contributed by atoms with Gasteiger partial charge in [0.25, 0.3) is 5.91 Å². The highest BCUT2D eigenvalue weighted by Gasteiger charge is 2.15. The normalized spacial score (nSPS) is 11.2. The number of carbonyl (C=O) groups is 1. The van der Waals surface area contributed by atoms with E-state index in [0.29, 0.717) is 28.1 Å². The van der Waals surface area contributed by atoms with E-state index in [1.54, 1.807) is 12.1 Å². The van der Waals surface area contributed by atoms with Crippen LogP contribution in [0.4, 0.5) is 0 Å². The van der Waals surface area contributed by atoms with Crippen LogP contribution in [0.2, 0.25) is 0 Å². The minimum absolute atomic E-state index is 0.00141. The van der Waals surface area contributed by atoms with Crippen LogP contribution in [0.5, 0.6) is 5.75 Å². The van der Waals surface area contributed by atoms with Crippen molar-refractivity contribution in [3.05, 3.63) is 44.5 Å². The third-order valence-corrected chi connectivity index (χ3v) is 4.62. The zero-order chi connectivity index (χ0) is 17.3. The predicted molar refractivity (Wildman–Crippen MR) is 97.7 cm³/mol. The first-order chi connectivity index (χ1) is 11.4. The van der Waals surface area contributed by atoms with Gasteiger partial charge in [-0.05, 0) is 48.8 Å². The number of ether oxygens (including phenoxy) is 1. The van der Waals surface area contributed by atoms with E-state index in [0.717, 1.165) is 16.1 Å². The number of hydrogen-bond donors (Lipinski definition) is 1. The van der Waals surface area contributed by atoms with Crippen molar-refractivity contribution in [3.8, 4) is 5.75 Å². The Balaban J connectivity index is 1.86. The molecule has 1 N–H and O–H groups in total. The van der Waals surface area contributed by atoms with Gasteiger partial charge in [-0.25, -0.2) is 4.98 Å². The van der Waals surface area contributed by atoms with Crippen molar-refractivity contribution >= 4 is 44.1 Å². The second-order valence-corrected chi connectivity index (χ2v) is 7.39. The van der Waals surface area contributed by atoms with E-state index in [4.69, 9.17) is 9.15 Å². The summed E-state index contributed by atoms with van der Waals surface area (Å²) in [5.74, 6) is 0.443. The van der Waals surface area contributed by atoms with Crippen molar-refractivity contribution in [2.75, 3.05) is 0 Å². The molecule has 5 nitrogen and oxygen atoms in total. The summed E-state index contributed by atoms with van der Waals surface area (Å²) in [7, 11) is 0. The fourth-order valence-electron chi connectivity index (χ4n) is 2.30. The summed E-state index contributed by atoms with van der Waals surface area (Å²) in [4.78, 5) is 16.8. The Hall–Kier alpha value is -1.86. The molecule has 7 heteroatoms. The number of carbonyl (C=O) groups excluding carboxylic acids is 1. The van der Waals surface area contributed by atoms with Gasteiger partial charge in [0.1, 0.15) is 16.3 Å². The summed E-state index contributed by atoms with van der Waals surface area (Å²) >= 11 is 4.85. The lowest BCUT2D eigenvalue weighted by molar-refractivity contribution is 0.0950. The molecule has 0 unspecified atom stereocenters. The molecule has 0 saturated heterocycles. The lowest BCUT2D eigenvalue weighted by Crippen LogP contribution is -2.22. The molecular formula is C17H17BrN2O3S. The van der Waals surface area contributed by atoms with Crippen LogP contribution in [-0.4, -0.2) is 17.0 Å². The molecule has 2 heterocycles. The minimum Gasteiger partial charge on any atom is -0.490 e. The van der Waals surface area contributed by atoms with Gasteiger partial charge in [-0.3, -0.25) is 4.79 Å². The number of fused-ring (bicyclic) bond motifs is 1. The van der Waals surface area contributed by atoms with Gasteiger partial charge in [-0.15, -0.1) is 11.3 Å². The molecule has 0 aliphatic rings. The van der Waals surface area contributed by atoms with Gasteiger partial charge in [0, 0.05) is 22.7 Å². The Morgan fingerprint density at radius 2 is 2.21 bits per heavy atom. The Morgan fingerprint density at radius 3 is 2.88 bits per heavy atom. The van der Waals surface area contributed by atoms with Gasteiger partial charge in [0.15, 0.2) is 4.67 Å². The second-order valence-electron chi connectivity index (χ2n) is 5.67. The van der Waals surface area contributed by atoms with Crippen LogP contribution in [0.25, 0.3) is 11.0 Å². The number of nitrogens with one attached hydrogen (secondary N) is 1. The van der Waals surface area contributed by atoms with E-state index in [2.05, 4.69) is 26.2 Å². The van der Waals surface area contributed by atoms with Crippen molar-refractivity contribution < 1.29 is 13.9 Å². The number of halogens is 1. The maximum absolute atomic E-state index is 12.5. The minimum atomic E-state index is -0.189. The molecule has 24 heavy (non-hydrogen) atoms. The number of benzene rings is 1. The number of aromatic nitrogens is 1. The third-order valence-electron chi connectivity index (χ3n) is 3.26. The Labute approximate surface area is 152 Å². The highest BCUT2D eigenvalue weighted by molar-refractivity contribution is 9.10. The first kappa shape index (κ1) is 17.0. The predicted octanol–water partition coefficient (Wildman–Crippen LogP) is 4.68. The molecule has 3 rings (SSSR count). The number of amides is 1. The second kappa shape index (κ2) is 6.94. The summed E-state index contributed by atoms with van der Waals surface area (Å²) in [5.41, 5.74) is 2.06. The number of furan rings is 1. The van der Waals surface area contributed by atoms with Gasteiger partial charge >= 0.3 is 0 Å². The lowest BCUT2D eigenvalue weighted by atomic mass is 10.1. The highest BCUT2D eigenvalue weighted by atomic mass is 79.9. The topological polar surface area (TPSA) is 64.4 Å². The number of nitrogens with zero attached hydrogens (tertiary/aromatic N) is 1. The van der Waals surface area contributed by atoms with Crippen LogP contribution >= 0.6 is 27.3 Å². The molecule has 2 aromatic heterocycles. The standard InChI is InChI=1S/C17H17BrN2O3S/c1-9(2)22-13-4-11(5-14-12(13)6-15(18)23-14)17(21)19-7-16-20-10(3)8-24-16/h4-6,8-9H,7H2,1-3H3,(H,19,21). The smallest absolute Gasteiger partial charge is 0.251 e. The van der Waals surface area contributed by atoms with Gasteiger partial charge in [0.05, 0.1) is 18.0 Å². The average Bonchev–Trinajstić information content (AvgIpc) is 3.09. The molecule has 0 atom stereocenters. The molecule has 3 aromatic rings. The maximum atomic E-state index is 12.5. The number of rotatable bonds is 5. The van der Waals surface area contributed by atoms with E-state index in [1.807, 2.05) is 32.2 Å². The zero-order valence-corrected chi connectivity index (χ0v) is 16.0. The number of hydrogen-bond acceptors (Lipinski definition) is 5. The largest absolute Gasteiger partial charge is 0.490 e. The van der Waals surface area contributed by atoms with Crippen LogP contribution in [0.3, 0.4) is 0 Å². The van der Waals surface area contributed by atoms with Gasteiger partial charge < -0.3 is 14.5 Å². The summed E-state index contributed by atoms with van der Waals surface area (Å²) in [5, 5.41) is 6.55. The Morgan fingerprint density at radius 1 is 1.42 bits per heavy atom. The third kappa shape index (κ3) is 3.79. The fourth-order valence-corrected chi connectivity index (χ4v) is 3.41. The Kier molecular flexibility index (Phi) is 4.91. The van der Waals surface area contributed by atoms with E-state index in [9.17, 15) is 4.79 Å². The molecule has 0 fully saturated rings. The quantitative estimate of drug-likeness (QED) is 0.665. The van der Waals surface area contributed by atoms with E-state index in [1.165, 1.54) is 11.3 Å². The molecule has 0 radical (unpaired) electrons. The number of thiazole rings is 1. The molecule has 0 saturated carbocycles. The summed E-state index contributed by atoms with van der Waals surface area (Å²) in [6.07, 6.45) is -0.00141. The summed E-state index contributed by atoms with van der Waals surface area (Å²) in [6, 6.07) is 5.30. The van der Waals surface area contributed by atoms with Crippen molar-refractivity contribution in [2.24, 2.45) is 0 Å². The monoisotopic (exact) mass is 408 g/mol. The fraction of sp³-hybridized carbons (Fsp3) is 0.294. The zero-order valence-electron chi connectivity index (χ0n) is 13.6. The summed E-state index contributed by atoms with van der Waals surface area (Å²) < 4.78 is 12.0. The highest BCUT2D eigenvalue weighted by Crippen LogP contribution is 2.33. The van der Waals surface area contributed by atoms with E-state index < -0.39 is 0 Å². The molecule has 0 aliphatic heterocycles. The average molecular weight is 409 g/mol. The van der Waals surface area contributed by atoms with Gasteiger partial charge in [0.2, 0.25) is 0 Å². The molecule has 1 aromatic carbocycles. The first-order valence-corrected chi connectivity index (χ1v) is 9.18. The summed E-state index contributed by atoms with van der Waals surface area (Å²) in [6.45, 7) is 6.22. The molecule has 0 bridgehead atoms. The SMILES string of the molecule is Cc1csc(CNC(=O)c2cc(OC(C)C)c3cc(Br)oc3c2)n1. The van der Waals surface area contributed by atoms with Crippen LogP contribution < -0.4 is 10.1 Å². The number of aryl methyl sites for hydroxylation is 1. The van der Waals surface area contributed by atoms with Gasteiger partial charge in [-0.2, -0.15) is 0 Å². The lowest BCUT2D eigenvalue weighted by Gasteiger charge is -2.12. The van der Waals surface area contributed by atoms with Gasteiger partial charge in [-0.1, -0.05) is 0 Å².